The van der Waals surface area contributed by atoms with Crippen molar-refractivity contribution in [1.82, 2.24) is 9.80 Å². The number of nitrogens with zero attached hydrogens (tertiary/aromatic N) is 3. The maximum Gasteiger partial charge on any atom is 0.471 e. The number of carbonyl (C=O) groups excluding carboxylic acids is 2. The van der Waals surface area contributed by atoms with E-state index in [-0.39, 0.29) is 46.4 Å². The van der Waals surface area contributed by atoms with Crippen LogP contribution in [-0.4, -0.2) is 79.7 Å². The molecule has 0 unspecified atom stereocenters. The lowest BCUT2D eigenvalue weighted by Crippen LogP contribution is -2.55. The molecule has 4 rings (SSSR count). The second-order valence-corrected chi connectivity index (χ2v) is 14.2. The number of amides is 2. The van der Waals surface area contributed by atoms with E-state index in [2.05, 4.69) is 4.90 Å². The van der Waals surface area contributed by atoms with Crippen LogP contribution < -0.4 is 4.90 Å². The molecule has 2 aliphatic rings. The molecular weight excluding hydrogens is 614 g/mol. The summed E-state index contributed by atoms with van der Waals surface area (Å²) in [5.74, 6) is -3.52. The standard InChI is InChI=1S/C29H34Cl2F3N3O4S/c1-18(2)35(3)22-9-12-25(19(15-22)17-42(40,41)24-10-7-20(30)8-11-24)36-14-13-26(27(36)38)37(28(39)29(32,33)34)23-6-4-5-21(31)16-23/h4-8,10-11,16,18-19,22,25-26H,9,12-15,17H2,1-3H3/t19-,22-,25+,26+/m1/s1. The highest BCUT2D eigenvalue weighted by Crippen LogP contribution is 2.38. The van der Waals surface area contributed by atoms with Crippen LogP contribution in [0.2, 0.25) is 10.0 Å². The van der Waals surface area contributed by atoms with Crippen molar-refractivity contribution in [3.63, 3.8) is 0 Å². The largest absolute Gasteiger partial charge is 0.471 e. The molecule has 4 atom stereocenters. The van der Waals surface area contributed by atoms with Crippen LogP contribution in [-0.2, 0) is 19.4 Å². The van der Waals surface area contributed by atoms with Gasteiger partial charge in [0.25, 0.3) is 0 Å². The highest BCUT2D eigenvalue weighted by Gasteiger charge is 2.51. The lowest BCUT2D eigenvalue weighted by atomic mass is 9.81. The van der Waals surface area contributed by atoms with Gasteiger partial charge in [0.1, 0.15) is 6.04 Å². The van der Waals surface area contributed by atoms with Crippen molar-refractivity contribution >= 4 is 50.5 Å². The fraction of sp³-hybridized carbons (Fsp3) is 0.517. The van der Waals surface area contributed by atoms with Crippen molar-refractivity contribution < 1.29 is 31.2 Å². The Morgan fingerprint density at radius 3 is 2.31 bits per heavy atom. The Labute approximate surface area is 254 Å². The first-order valence-corrected chi connectivity index (χ1v) is 16.2. The van der Waals surface area contributed by atoms with Crippen molar-refractivity contribution in [3.05, 3.63) is 58.6 Å². The van der Waals surface area contributed by atoms with Crippen LogP contribution in [0.5, 0.6) is 0 Å². The van der Waals surface area contributed by atoms with E-state index in [1.165, 1.54) is 53.4 Å². The summed E-state index contributed by atoms with van der Waals surface area (Å²) >= 11 is 12.0. The van der Waals surface area contributed by atoms with Gasteiger partial charge in [-0.2, -0.15) is 13.2 Å². The minimum absolute atomic E-state index is 0.0321. The molecule has 13 heteroatoms. The van der Waals surface area contributed by atoms with Gasteiger partial charge < -0.3 is 9.80 Å². The minimum atomic E-state index is -5.22. The number of sulfone groups is 1. The van der Waals surface area contributed by atoms with Crippen molar-refractivity contribution in [3.8, 4) is 0 Å². The maximum absolute atomic E-state index is 13.8. The van der Waals surface area contributed by atoms with Crippen LogP contribution in [0.3, 0.4) is 0 Å². The highest BCUT2D eigenvalue weighted by atomic mass is 35.5. The Hall–Kier alpha value is -2.34. The fourth-order valence-electron chi connectivity index (χ4n) is 6.08. The molecule has 0 N–H and O–H groups in total. The van der Waals surface area contributed by atoms with Gasteiger partial charge in [-0.05, 0) is 95.0 Å². The molecule has 1 aliphatic carbocycles. The summed E-state index contributed by atoms with van der Waals surface area (Å²) in [5, 5.41) is 0.518. The van der Waals surface area contributed by atoms with E-state index < -0.39 is 45.8 Å². The molecule has 2 aromatic carbocycles. The summed E-state index contributed by atoms with van der Waals surface area (Å²) in [6.45, 7) is 4.18. The average Bonchev–Trinajstić information content (AvgIpc) is 3.28. The van der Waals surface area contributed by atoms with E-state index in [0.717, 1.165) is 0 Å². The molecule has 1 aliphatic heterocycles. The summed E-state index contributed by atoms with van der Waals surface area (Å²) < 4.78 is 68.1. The van der Waals surface area contributed by atoms with Crippen molar-refractivity contribution in [2.24, 2.45) is 5.92 Å². The third-order valence-electron chi connectivity index (χ3n) is 8.38. The Bertz CT molecular complexity index is 1410. The molecule has 7 nitrogen and oxygen atoms in total. The zero-order chi connectivity index (χ0) is 31.0. The second-order valence-electron chi connectivity index (χ2n) is 11.3. The number of hydrogen-bond donors (Lipinski definition) is 0. The molecule has 0 bridgehead atoms. The predicted molar refractivity (Wildman–Crippen MR) is 156 cm³/mol. The molecule has 42 heavy (non-hydrogen) atoms. The van der Waals surface area contributed by atoms with Crippen LogP contribution in [0.25, 0.3) is 0 Å². The summed E-state index contributed by atoms with van der Waals surface area (Å²) in [7, 11) is -1.80. The zero-order valence-corrected chi connectivity index (χ0v) is 25.8. The third-order valence-corrected chi connectivity index (χ3v) is 10.7. The normalized spacial score (nSPS) is 23.6. The number of rotatable bonds is 8. The monoisotopic (exact) mass is 647 g/mol. The van der Waals surface area contributed by atoms with Crippen LogP contribution in [0.1, 0.15) is 39.5 Å². The van der Waals surface area contributed by atoms with Crippen LogP contribution in [0.15, 0.2) is 53.4 Å². The van der Waals surface area contributed by atoms with Gasteiger partial charge >= 0.3 is 12.1 Å². The Kier molecular flexibility index (Phi) is 9.86. The topological polar surface area (TPSA) is 78.0 Å². The summed E-state index contributed by atoms with van der Waals surface area (Å²) in [6.07, 6.45) is -3.60. The number of hydrogen-bond acceptors (Lipinski definition) is 5. The summed E-state index contributed by atoms with van der Waals surface area (Å²) in [6, 6.07) is 9.62. The van der Waals surface area contributed by atoms with Gasteiger partial charge in [0.05, 0.1) is 10.6 Å². The van der Waals surface area contributed by atoms with E-state index in [1.54, 1.807) is 0 Å². The second kappa shape index (κ2) is 12.7. The minimum Gasteiger partial charge on any atom is -0.338 e. The van der Waals surface area contributed by atoms with Crippen molar-refractivity contribution in [2.45, 2.75) is 74.8 Å². The van der Waals surface area contributed by atoms with Crippen LogP contribution >= 0.6 is 23.2 Å². The summed E-state index contributed by atoms with van der Waals surface area (Å²) in [4.78, 5) is 30.7. The molecule has 0 radical (unpaired) electrons. The number of benzene rings is 2. The van der Waals surface area contributed by atoms with Gasteiger partial charge in [-0.15, -0.1) is 0 Å². The number of likely N-dealkylation sites (tertiary alicyclic amines) is 1. The van der Waals surface area contributed by atoms with Crippen molar-refractivity contribution in [2.75, 3.05) is 24.2 Å². The SMILES string of the molecule is CC(C)N(C)[C@@H]1CC[C@H](N2CC[C@H](N(C(=O)C(F)(F)F)c3cccc(Cl)c3)C2=O)[C@@H](CS(=O)(=O)c2ccc(Cl)cc2)C1. The van der Waals surface area contributed by atoms with E-state index in [0.29, 0.717) is 29.2 Å². The Morgan fingerprint density at radius 1 is 1.05 bits per heavy atom. The first kappa shape index (κ1) is 32.6. The summed E-state index contributed by atoms with van der Waals surface area (Å²) in [5.41, 5.74) is -0.130. The van der Waals surface area contributed by atoms with Gasteiger partial charge in [-0.3, -0.25) is 14.5 Å². The number of carbonyl (C=O) groups is 2. The molecule has 1 saturated heterocycles. The molecular formula is C29H34Cl2F3N3O4S. The van der Waals surface area contributed by atoms with Crippen LogP contribution in [0, 0.1) is 5.92 Å². The fourth-order valence-corrected chi connectivity index (χ4v) is 8.06. The molecule has 1 saturated carbocycles. The predicted octanol–water partition coefficient (Wildman–Crippen LogP) is 5.84. The quantitative estimate of drug-likeness (QED) is 0.360. The maximum atomic E-state index is 13.8. The van der Waals surface area contributed by atoms with Gasteiger partial charge in [0, 0.05) is 40.4 Å². The van der Waals surface area contributed by atoms with Gasteiger partial charge in [-0.25, -0.2) is 8.42 Å². The smallest absolute Gasteiger partial charge is 0.338 e. The molecule has 2 amide bonds. The van der Waals surface area contributed by atoms with E-state index in [4.69, 9.17) is 23.2 Å². The molecule has 230 valence electrons. The molecule has 1 heterocycles. The van der Waals surface area contributed by atoms with Crippen LogP contribution in [0.4, 0.5) is 18.9 Å². The first-order chi connectivity index (χ1) is 19.6. The van der Waals surface area contributed by atoms with E-state index in [1.807, 2.05) is 20.9 Å². The van der Waals surface area contributed by atoms with Gasteiger partial charge in [-0.1, -0.05) is 29.3 Å². The molecule has 0 spiro atoms. The lowest BCUT2D eigenvalue weighted by Gasteiger charge is -2.44. The highest BCUT2D eigenvalue weighted by molar-refractivity contribution is 7.91. The number of halogens is 5. The average molecular weight is 649 g/mol. The van der Waals surface area contributed by atoms with Gasteiger partial charge in [0.15, 0.2) is 9.84 Å². The molecule has 0 aromatic heterocycles. The van der Waals surface area contributed by atoms with Gasteiger partial charge in [0.2, 0.25) is 5.91 Å². The first-order valence-electron chi connectivity index (χ1n) is 13.8. The van der Waals surface area contributed by atoms with E-state index in [9.17, 15) is 31.2 Å². The Balaban J connectivity index is 1.65. The number of alkyl halides is 3. The third kappa shape index (κ3) is 7.06. The number of anilines is 1. The zero-order valence-electron chi connectivity index (χ0n) is 23.5. The Morgan fingerprint density at radius 2 is 1.71 bits per heavy atom. The lowest BCUT2D eigenvalue weighted by molar-refractivity contribution is -0.171. The molecule has 2 fully saturated rings. The van der Waals surface area contributed by atoms with Crippen molar-refractivity contribution in [1.29, 1.82) is 0 Å². The molecule has 2 aromatic rings. The van der Waals surface area contributed by atoms with E-state index >= 15 is 0 Å².